The number of ether oxygens (including phenoxy) is 1. The number of rotatable bonds is 6. The molecule has 0 atom stereocenters. The number of carbonyl (C=O) groups excluding carboxylic acids is 1. The number of aromatic amines is 1. The van der Waals surface area contributed by atoms with Gasteiger partial charge in [0.05, 0.1) is 25.2 Å². The molecular formula is C21H23FN6O3. The van der Waals surface area contributed by atoms with E-state index in [9.17, 15) is 14.0 Å². The Morgan fingerprint density at radius 1 is 1.32 bits per heavy atom. The van der Waals surface area contributed by atoms with E-state index in [4.69, 9.17) is 4.74 Å². The first kappa shape index (κ1) is 20.7. The molecule has 0 radical (unpaired) electrons. The molecule has 1 aliphatic heterocycles. The highest BCUT2D eigenvalue weighted by atomic mass is 19.1. The number of benzene rings is 1. The van der Waals surface area contributed by atoms with Crippen molar-refractivity contribution >= 4 is 17.5 Å². The van der Waals surface area contributed by atoms with Crippen molar-refractivity contribution in [2.24, 2.45) is 0 Å². The van der Waals surface area contributed by atoms with Gasteiger partial charge < -0.3 is 19.5 Å². The summed E-state index contributed by atoms with van der Waals surface area (Å²) in [5.41, 5.74) is 1.49. The Labute approximate surface area is 177 Å². The van der Waals surface area contributed by atoms with E-state index >= 15 is 0 Å². The molecule has 162 valence electrons. The SMILES string of the molecule is Cc1nc(N2CCOCC2)[nH]c(=O)c1CCC(=O)Nc1ccc(-n2ccnc2)c(F)c1. The van der Waals surface area contributed by atoms with E-state index in [2.05, 4.69) is 20.3 Å². The Hall–Kier alpha value is -3.53. The van der Waals surface area contributed by atoms with E-state index in [0.717, 1.165) is 0 Å². The monoisotopic (exact) mass is 426 g/mol. The highest BCUT2D eigenvalue weighted by molar-refractivity contribution is 5.90. The molecule has 9 nitrogen and oxygen atoms in total. The van der Waals surface area contributed by atoms with Gasteiger partial charge in [-0.2, -0.15) is 0 Å². The van der Waals surface area contributed by atoms with E-state index in [1.54, 1.807) is 36.0 Å². The summed E-state index contributed by atoms with van der Waals surface area (Å²) in [6, 6.07) is 4.44. The van der Waals surface area contributed by atoms with E-state index in [0.29, 0.717) is 54.9 Å². The number of H-pyrrole nitrogens is 1. The highest BCUT2D eigenvalue weighted by Gasteiger charge is 2.17. The lowest BCUT2D eigenvalue weighted by molar-refractivity contribution is -0.116. The Bertz CT molecular complexity index is 1120. The Kier molecular flexibility index (Phi) is 6.08. The fourth-order valence-electron chi connectivity index (χ4n) is 3.47. The van der Waals surface area contributed by atoms with Gasteiger partial charge in [0.1, 0.15) is 5.82 Å². The van der Waals surface area contributed by atoms with Crippen molar-refractivity contribution in [3.8, 4) is 5.69 Å². The molecule has 1 saturated heterocycles. The van der Waals surface area contributed by atoms with Gasteiger partial charge in [-0.3, -0.25) is 14.6 Å². The average Bonchev–Trinajstić information content (AvgIpc) is 3.28. The summed E-state index contributed by atoms with van der Waals surface area (Å²) in [6.45, 7) is 4.28. The number of aromatic nitrogens is 4. The lowest BCUT2D eigenvalue weighted by Gasteiger charge is -2.27. The third kappa shape index (κ3) is 4.80. The fraction of sp³-hybridized carbons (Fsp3) is 0.333. The van der Waals surface area contributed by atoms with Gasteiger partial charge in [-0.05, 0) is 31.5 Å². The summed E-state index contributed by atoms with van der Waals surface area (Å²) < 4.78 is 21.2. The van der Waals surface area contributed by atoms with E-state index in [1.165, 1.54) is 12.4 Å². The summed E-state index contributed by atoms with van der Waals surface area (Å²) in [7, 11) is 0. The van der Waals surface area contributed by atoms with Crippen molar-refractivity contribution in [3.63, 3.8) is 0 Å². The molecule has 0 bridgehead atoms. The summed E-state index contributed by atoms with van der Waals surface area (Å²) in [6.07, 6.45) is 5.00. The van der Waals surface area contributed by atoms with E-state index < -0.39 is 5.82 Å². The summed E-state index contributed by atoms with van der Waals surface area (Å²) in [5, 5.41) is 2.67. The molecule has 3 aromatic rings. The maximum atomic E-state index is 14.3. The molecule has 3 heterocycles. The van der Waals surface area contributed by atoms with Crippen LogP contribution in [0.25, 0.3) is 5.69 Å². The van der Waals surface area contributed by atoms with Crippen LogP contribution >= 0.6 is 0 Å². The lowest BCUT2D eigenvalue weighted by Crippen LogP contribution is -2.38. The maximum Gasteiger partial charge on any atom is 0.255 e. The lowest BCUT2D eigenvalue weighted by atomic mass is 10.1. The third-order valence-corrected chi connectivity index (χ3v) is 5.14. The number of aryl methyl sites for hydroxylation is 1. The van der Waals surface area contributed by atoms with Crippen LogP contribution in [0.15, 0.2) is 41.7 Å². The number of hydrogen-bond donors (Lipinski definition) is 2. The van der Waals surface area contributed by atoms with Gasteiger partial charge in [0.25, 0.3) is 5.56 Å². The number of hydrogen-bond acceptors (Lipinski definition) is 6. The van der Waals surface area contributed by atoms with Crippen molar-refractivity contribution in [1.82, 2.24) is 19.5 Å². The second-order valence-corrected chi connectivity index (χ2v) is 7.24. The maximum absolute atomic E-state index is 14.3. The summed E-state index contributed by atoms with van der Waals surface area (Å²) >= 11 is 0. The molecule has 1 aromatic carbocycles. The minimum Gasteiger partial charge on any atom is -0.378 e. The zero-order valence-electron chi connectivity index (χ0n) is 17.1. The minimum atomic E-state index is -0.481. The van der Waals surface area contributed by atoms with Crippen LogP contribution in [0.2, 0.25) is 0 Å². The van der Waals surface area contributed by atoms with E-state index in [-0.39, 0.29) is 24.3 Å². The first-order valence-corrected chi connectivity index (χ1v) is 10.0. The number of halogens is 1. The predicted octanol–water partition coefficient (Wildman–Crippen LogP) is 1.81. The third-order valence-electron chi connectivity index (χ3n) is 5.14. The molecule has 0 spiro atoms. The smallest absolute Gasteiger partial charge is 0.255 e. The first-order chi connectivity index (χ1) is 15.0. The summed E-state index contributed by atoms with van der Waals surface area (Å²) in [5.74, 6) is -0.274. The average molecular weight is 426 g/mol. The topological polar surface area (TPSA) is 105 Å². The summed E-state index contributed by atoms with van der Waals surface area (Å²) in [4.78, 5) is 38.0. The molecule has 2 aromatic heterocycles. The molecule has 1 aliphatic rings. The van der Waals surface area contributed by atoms with Gasteiger partial charge in [0, 0.05) is 48.8 Å². The standard InChI is InChI=1S/C21H23FN6O3/c1-14-16(20(30)26-21(24-14)27-8-10-31-11-9-27)3-5-19(29)25-15-2-4-18(17(22)12-15)28-7-6-23-13-28/h2,4,6-7,12-13H,3,5,8-11H2,1H3,(H,25,29)(H,24,26,30). The van der Waals surface area contributed by atoms with Crippen molar-refractivity contribution in [2.75, 3.05) is 36.5 Å². The Balaban J connectivity index is 1.38. The quantitative estimate of drug-likeness (QED) is 0.623. The number of amides is 1. The molecule has 0 aliphatic carbocycles. The molecule has 2 N–H and O–H groups in total. The molecule has 0 saturated carbocycles. The molecule has 10 heteroatoms. The van der Waals surface area contributed by atoms with Crippen molar-refractivity contribution < 1.29 is 13.9 Å². The minimum absolute atomic E-state index is 0.0768. The van der Waals surface area contributed by atoms with E-state index in [1.807, 2.05) is 4.90 Å². The zero-order valence-corrected chi connectivity index (χ0v) is 17.1. The van der Waals surface area contributed by atoms with Gasteiger partial charge in [-0.25, -0.2) is 14.4 Å². The number of morpholine rings is 1. The van der Waals surface area contributed by atoms with Crippen molar-refractivity contribution in [2.45, 2.75) is 19.8 Å². The van der Waals surface area contributed by atoms with Gasteiger partial charge in [0.2, 0.25) is 11.9 Å². The second kappa shape index (κ2) is 9.09. The van der Waals surface area contributed by atoms with Crippen LogP contribution in [0, 0.1) is 12.7 Å². The van der Waals surface area contributed by atoms with Gasteiger partial charge in [-0.15, -0.1) is 0 Å². The highest BCUT2D eigenvalue weighted by Crippen LogP contribution is 2.18. The normalized spacial score (nSPS) is 13.9. The van der Waals surface area contributed by atoms with Gasteiger partial charge in [0.15, 0.2) is 0 Å². The molecular weight excluding hydrogens is 403 g/mol. The van der Waals surface area contributed by atoms with Crippen molar-refractivity contribution in [1.29, 1.82) is 0 Å². The number of carbonyl (C=O) groups is 1. The number of anilines is 2. The number of imidazole rings is 1. The number of nitrogens with one attached hydrogen (secondary N) is 2. The van der Waals surface area contributed by atoms with Crippen LogP contribution in [-0.4, -0.2) is 51.7 Å². The van der Waals surface area contributed by atoms with Crippen LogP contribution in [0.3, 0.4) is 0 Å². The van der Waals surface area contributed by atoms with Crippen LogP contribution in [-0.2, 0) is 16.0 Å². The zero-order chi connectivity index (χ0) is 21.8. The molecule has 1 amide bonds. The largest absolute Gasteiger partial charge is 0.378 e. The van der Waals surface area contributed by atoms with Crippen LogP contribution in [0.1, 0.15) is 17.7 Å². The Morgan fingerprint density at radius 3 is 2.81 bits per heavy atom. The fourth-order valence-corrected chi connectivity index (χ4v) is 3.47. The Morgan fingerprint density at radius 2 is 2.13 bits per heavy atom. The molecule has 4 rings (SSSR count). The molecule has 0 unspecified atom stereocenters. The molecule has 1 fully saturated rings. The van der Waals surface area contributed by atoms with Gasteiger partial charge in [-0.1, -0.05) is 0 Å². The van der Waals surface area contributed by atoms with Crippen LogP contribution < -0.4 is 15.8 Å². The predicted molar refractivity (Wildman–Crippen MR) is 113 cm³/mol. The number of nitrogens with zero attached hydrogens (tertiary/aromatic N) is 4. The second-order valence-electron chi connectivity index (χ2n) is 7.24. The first-order valence-electron chi connectivity index (χ1n) is 10.0. The van der Waals surface area contributed by atoms with Crippen LogP contribution in [0.5, 0.6) is 0 Å². The van der Waals surface area contributed by atoms with Gasteiger partial charge >= 0.3 is 0 Å². The van der Waals surface area contributed by atoms with Crippen LogP contribution in [0.4, 0.5) is 16.0 Å². The molecule has 31 heavy (non-hydrogen) atoms. The van der Waals surface area contributed by atoms with Crippen molar-refractivity contribution in [3.05, 3.63) is 64.3 Å².